The minimum atomic E-state index is -0.146. The molecule has 0 spiro atoms. The van der Waals surface area contributed by atoms with Gasteiger partial charge in [0.25, 0.3) is 5.91 Å². The fourth-order valence-electron chi connectivity index (χ4n) is 2.85. The summed E-state index contributed by atoms with van der Waals surface area (Å²) in [7, 11) is 0. The summed E-state index contributed by atoms with van der Waals surface area (Å²) >= 11 is 4.26. The van der Waals surface area contributed by atoms with Crippen LogP contribution in [0.4, 0.5) is 5.69 Å². The van der Waals surface area contributed by atoms with Crippen molar-refractivity contribution in [3.63, 3.8) is 0 Å². The minimum Gasteiger partial charge on any atom is -0.484 e. The highest BCUT2D eigenvalue weighted by Crippen LogP contribution is 2.19. The minimum absolute atomic E-state index is 0.00717. The van der Waals surface area contributed by atoms with Crippen molar-refractivity contribution in [1.82, 2.24) is 4.90 Å². The molecule has 0 aliphatic carbocycles. The number of hydrogen-bond acceptors (Lipinski definition) is 4. The number of anilines is 1. The fraction of sp³-hybridized carbons (Fsp3) is 0.350. The number of rotatable bonds is 6. The molecule has 0 radical (unpaired) electrons. The molecule has 1 saturated heterocycles. The van der Waals surface area contributed by atoms with Crippen LogP contribution in [0.3, 0.4) is 0 Å². The summed E-state index contributed by atoms with van der Waals surface area (Å²) in [5.74, 6) is 2.99. The maximum atomic E-state index is 12.2. The van der Waals surface area contributed by atoms with Crippen LogP contribution in [-0.4, -0.2) is 42.0 Å². The van der Waals surface area contributed by atoms with Crippen LogP contribution in [0.1, 0.15) is 11.1 Å². The van der Waals surface area contributed by atoms with Gasteiger partial charge in [-0.2, -0.15) is 11.8 Å². The van der Waals surface area contributed by atoms with Crippen molar-refractivity contribution >= 4 is 45.9 Å². The summed E-state index contributed by atoms with van der Waals surface area (Å²) in [5, 5.41) is 2.94. The van der Waals surface area contributed by atoms with Gasteiger partial charge in [0.15, 0.2) is 6.61 Å². The van der Waals surface area contributed by atoms with Crippen molar-refractivity contribution in [3.05, 3.63) is 57.2 Å². The van der Waals surface area contributed by atoms with Gasteiger partial charge in [-0.05, 0) is 71.0 Å². The monoisotopic (exact) mass is 482 g/mol. The summed E-state index contributed by atoms with van der Waals surface area (Å²) in [6.45, 7) is 5.32. The SMILES string of the molecule is Cc1cc(CN2CCSCC2)ccc1NC(=O)COc1ccc(I)cc1. The lowest BCUT2D eigenvalue weighted by molar-refractivity contribution is -0.118. The molecule has 1 amide bonds. The van der Waals surface area contributed by atoms with Crippen LogP contribution < -0.4 is 10.1 Å². The maximum Gasteiger partial charge on any atom is 0.262 e. The molecule has 2 aromatic rings. The molecule has 0 bridgehead atoms. The van der Waals surface area contributed by atoms with Crippen LogP contribution in [0, 0.1) is 10.5 Å². The zero-order valence-corrected chi connectivity index (χ0v) is 17.8. The van der Waals surface area contributed by atoms with Gasteiger partial charge < -0.3 is 10.1 Å². The van der Waals surface area contributed by atoms with Gasteiger partial charge in [-0.3, -0.25) is 9.69 Å². The van der Waals surface area contributed by atoms with Crippen LogP contribution in [0.2, 0.25) is 0 Å². The third-order valence-electron chi connectivity index (χ3n) is 4.26. The molecule has 0 unspecified atom stereocenters. The lowest BCUT2D eigenvalue weighted by atomic mass is 10.1. The first kappa shape index (κ1) is 19.5. The van der Waals surface area contributed by atoms with E-state index in [1.54, 1.807) is 0 Å². The Labute approximate surface area is 172 Å². The molecule has 2 aromatic carbocycles. The zero-order chi connectivity index (χ0) is 18.4. The van der Waals surface area contributed by atoms with Gasteiger partial charge in [0.05, 0.1) is 0 Å². The largest absolute Gasteiger partial charge is 0.484 e. The topological polar surface area (TPSA) is 41.6 Å². The number of ether oxygens (including phenoxy) is 1. The summed E-state index contributed by atoms with van der Waals surface area (Å²) < 4.78 is 6.67. The molecule has 0 saturated carbocycles. The molecule has 0 atom stereocenters. The molecule has 3 rings (SSSR count). The predicted octanol–water partition coefficient (Wildman–Crippen LogP) is 4.17. The highest BCUT2D eigenvalue weighted by atomic mass is 127. The Bertz CT molecular complexity index is 746. The Morgan fingerprint density at radius 3 is 2.62 bits per heavy atom. The highest BCUT2D eigenvalue weighted by molar-refractivity contribution is 14.1. The predicted molar refractivity (Wildman–Crippen MR) is 117 cm³/mol. The quantitative estimate of drug-likeness (QED) is 0.628. The van der Waals surface area contributed by atoms with E-state index < -0.39 is 0 Å². The van der Waals surface area contributed by atoms with Gasteiger partial charge in [0.1, 0.15) is 5.75 Å². The van der Waals surface area contributed by atoms with E-state index in [1.807, 2.05) is 49.0 Å². The van der Waals surface area contributed by atoms with Gasteiger partial charge in [-0.1, -0.05) is 12.1 Å². The van der Waals surface area contributed by atoms with Crippen molar-refractivity contribution in [2.75, 3.05) is 36.5 Å². The van der Waals surface area contributed by atoms with E-state index >= 15 is 0 Å². The van der Waals surface area contributed by atoms with E-state index in [1.165, 1.54) is 17.1 Å². The van der Waals surface area contributed by atoms with Gasteiger partial charge in [0.2, 0.25) is 0 Å². The number of amides is 1. The standard InChI is InChI=1S/C20H23IN2O2S/c1-15-12-16(13-23-8-10-26-11-9-23)2-7-19(15)22-20(24)14-25-18-5-3-17(21)4-6-18/h2-7,12H,8-11,13-14H2,1H3,(H,22,24). The van der Waals surface area contributed by atoms with Crippen molar-refractivity contribution in [2.24, 2.45) is 0 Å². The third-order valence-corrected chi connectivity index (χ3v) is 5.92. The molecule has 1 fully saturated rings. The molecule has 1 N–H and O–H groups in total. The summed E-state index contributed by atoms with van der Waals surface area (Å²) in [6.07, 6.45) is 0. The number of nitrogens with one attached hydrogen (secondary N) is 1. The number of aryl methyl sites for hydroxylation is 1. The van der Waals surface area contributed by atoms with Crippen LogP contribution in [0.15, 0.2) is 42.5 Å². The summed E-state index contributed by atoms with van der Waals surface area (Å²) in [6, 6.07) is 13.9. The molecule has 138 valence electrons. The second-order valence-corrected chi connectivity index (χ2v) is 8.80. The number of carbonyl (C=O) groups is 1. The van der Waals surface area contributed by atoms with Crippen LogP contribution in [0.5, 0.6) is 5.75 Å². The van der Waals surface area contributed by atoms with Gasteiger partial charge in [-0.25, -0.2) is 0 Å². The second kappa shape index (κ2) is 9.62. The first-order valence-corrected chi connectivity index (χ1v) is 10.9. The van der Waals surface area contributed by atoms with Gasteiger partial charge in [-0.15, -0.1) is 0 Å². The summed E-state index contributed by atoms with van der Waals surface area (Å²) in [4.78, 5) is 14.6. The maximum absolute atomic E-state index is 12.2. The van der Waals surface area contributed by atoms with Gasteiger partial charge >= 0.3 is 0 Å². The highest BCUT2D eigenvalue weighted by Gasteiger charge is 2.12. The number of nitrogens with zero attached hydrogens (tertiary/aromatic N) is 1. The molecule has 1 aliphatic rings. The van der Waals surface area contributed by atoms with Crippen molar-refractivity contribution in [2.45, 2.75) is 13.5 Å². The van der Waals surface area contributed by atoms with E-state index in [-0.39, 0.29) is 12.5 Å². The van der Waals surface area contributed by atoms with E-state index in [0.29, 0.717) is 5.75 Å². The Balaban J connectivity index is 1.52. The van der Waals surface area contributed by atoms with Gasteiger partial charge in [0, 0.05) is 40.4 Å². The first-order valence-electron chi connectivity index (χ1n) is 8.68. The Hall–Kier alpha value is -1.25. The van der Waals surface area contributed by atoms with Crippen LogP contribution in [0.25, 0.3) is 0 Å². The molecule has 26 heavy (non-hydrogen) atoms. The Kier molecular flexibility index (Phi) is 7.22. The number of hydrogen-bond donors (Lipinski definition) is 1. The third kappa shape index (κ3) is 5.89. The normalized spacial score (nSPS) is 14.8. The Morgan fingerprint density at radius 2 is 1.92 bits per heavy atom. The van der Waals surface area contributed by atoms with Crippen LogP contribution >= 0.6 is 34.4 Å². The molecule has 1 heterocycles. The van der Waals surface area contributed by atoms with E-state index in [9.17, 15) is 4.79 Å². The van der Waals surface area contributed by atoms with Crippen molar-refractivity contribution in [3.8, 4) is 5.75 Å². The molecular formula is C20H23IN2O2S. The summed E-state index contributed by atoms with van der Waals surface area (Å²) in [5.41, 5.74) is 3.22. The average molecular weight is 482 g/mol. The zero-order valence-electron chi connectivity index (χ0n) is 14.8. The van der Waals surface area contributed by atoms with E-state index in [2.05, 4.69) is 44.9 Å². The van der Waals surface area contributed by atoms with E-state index in [0.717, 1.165) is 34.5 Å². The second-order valence-electron chi connectivity index (χ2n) is 6.33. The fourth-order valence-corrected chi connectivity index (χ4v) is 4.19. The lowest BCUT2D eigenvalue weighted by Crippen LogP contribution is -2.32. The molecular weight excluding hydrogens is 459 g/mol. The molecule has 4 nitrogen and oxygen atoms in total. The number of thioether (sulfide) groups is 1. The number of carbonyl (C=O) groups excluding carboxylic acids is 1. The van der Waals surface area contributed by atoms with Crippen molar-refractivity contribution in [1.29, 1.82) is 0 Å². The smallest absolute Gasteiger partial charge is 0.262 e. The Morgan fingerprint density at radius 1 is 1.19 bits per heavy atom. The van der Waals surface area contributed by atoms with Crippen LogP contribution in [-0.2, 0) is 11.3 Å². The van der Waals surface area contributed by atoms with Crippen molar-refractivity contribution < 1.29 is 9.53 Å². The average Bonchev–Trinajstić information content (AvgIpc) is 2.64. The molecule has 0 aromatic heterocycles. The first-order chi connectivity index (χ1) is 12.6. The number of benzene rings is 2. The lowest BCUT2D eigenvalue weighted by Gasteiger charge is -2.26. The van der Waals surface area contributed by atoms with E-state index in [4.69, 9.17) is 4.74 Å². The molecule has 1 aliphatic heterocycles. The number of halogens is 1. The molecule has 6 heteroatoms.